The van der Waals surface area contributed by atoms with Crippen molar-refractivity contribution >= 4 is 11.6 Å². The van der Waals surface area contributed by atoms with E-state index in [2.05, 4.69) is 75.1 Å². The van der Waals surface area contributed by atoms with Crippen LogP contribution in [0.25, 0.3) is 0 Å². The second-order valence-corrected chi connectivity index (χ2v) is 6.67. The fourth-order valence-electron chi connectivity index (χ4n) is 3.32. The monoisotopic (exact) mass is 366 g/mol. The van der Waals surface area contributed by atoms with E-state index in [4.69, 9.17) is 4.74 Å². The molecule has 1 fully saturated rings. The molecule has 1 aliphatic heterocycles. The van der Waals surface area contributed by atoms with Crippen molar-refractivity contribution in [1.29, 1.82) is 0 Å². The van der Waals surface area contributed by atoms with Crippen molar-refractivity contribution in [3.05, 3.63) is 65.7 Å². The van der Waals surface area contributed by atoms with Crippen LogP contribution in [0.3, 0.4) is 0 Å². The first kappa shape index (κ1) is 19.2. The molecule has 2 aromatic carbocycles. The van der Waals surface area contributed by atoms with Crippen molar-refractivity contribution in [2.75, 3.05) is 44.8 Å². The van der Waals surface area contributed by atoms with Crippen LogP contribution in [-0.2, 0) is 17.7 Å². The third-order valence-electron chi connectivity index (χ3n) is 4.79. The summed E-state index contributed by atoms with van der Waals surface area (Å²) in [6.07, 6.45) is 2.15. The van der Waals surface area contributed by atoms with Gasteiger partial charge in [0.05, 0.1) is 13.2 Å². The van der Waals surface area contributed by atoms with E-state index in [0.29, 0.717) is 0 Å². The first-order valence-electron chi connectivity index (χ1n) is 9.76. The van der Waals surface area contributed by atoms with Gasteiger partial charge in [0.15, 0.2) is 5.96 Å². The topological polar surface area (TPSA) is 48.9 Å². The number of hydrogen-bond acceptors (Lipinski definition) is 3. The minimum absolute atomic E-state index is 0.756. The summed E-state index contributed by atoms with van der Waals surface area (Å²) in [5.41, 5.74) is 3.95. The molecule has 144 valence electrons. The first-order valence-corrected chi connectivity index (χ1v) is 9.76. The minimum Gasteiger partial charge on any atom is -0.378 e. The summed E-state index contributed by atoms with van der Waals surface area (Å²) in [6, 6.07) is 19.2. The zero-order valence-electron chi connectivity index (χ0n) is 16.2. The van der Waals surface area contributed by atoms with Crippen LogP contribution < -0.4 is 15.5 Å². The molecule has 2 N–H and O–H groups in total. The molecule has 2 aromatic rings. The van der Waals surface area contributed by atoms with E-state index in [-0.39, 0.29) is 0 Å². The van der Waals surface area contributed by atoms with E-state index in [1.807, 2.05) is 7.05 Å². The van der Waals surface area contributed by atoms with Crippen LogP contribution in [0.4, 0.5) is 5.69 Å². The van der Waals surface area contributed by atoms with Crippen LogP contribution in [-0.4, -0.2) is 45.9 Å². The van der Waals surface area contributed by atoms with Gasteiger partial charge in [-0.1, -0.05) is 48.5 Å². The number of hydrogen-bond donors (Lipinski definition) is 2. The molecule has 0 unspecified atom stereocenters. The van der Waals surface area contributed by atoms with Crippen LogP contribution in [0, 0.1) is 0 Å². The number of benzene rings is 2. The quantitative estimate of drug-likeness (QED) is 0.449. The van der Waals surface area contributed by atoms with E-state index in [1.165, 1.54) is 16.8 Å². The lowest BCUT2D eigenvalue weighted by Crippen LogP contribution is -2.39. The Morgan fingerprint density at radius 1 is 1.00 bits per heavy atom. The van der Waals surface area contributed by atoms with Crippen molar-refractivity contribution < 1.29 is 4.74 Å². The molecule has 1 heterocycles. The summed E-state index contributed by atoms with van der Waals surface area (Å²) in [6.45, 7) is 5.15. The van der Waals surface area contributed by atoms with Crippen LogP contribution in [0.1, 0.15) is 17.5 Å². The zero-order chi connectivity index (χ0) is 18.7. The summed E-state index contributed by atoms with van der Waals surface area (Å²) in [7, 11) is 1.82. The van der Waals surface area contributed by atoms with Gasteiger partial charge in [0.1, 0.15) is 0 Å². The number of anilines is 1. The highest BCUT2D eigenvalue weighted by molar-refractivity contribution is 5.79. The molecule has 0 amide bonds. The van der Waals surface area contributed by atoms with Gasteiger partial charge in [0, 0.05) is 38.9 Å². The lowest BCUT2D eigenvalue weighted by molar-refractivity contribution is 0.122. The van der Waals surface area contributed by atoms with Gasteiger partial charge >= 0.3 is 0 Å². The second kappa shape index (κ2) is 10.6. The van der Waals surface area contributed by atoms with Gasteiger partial charge in [0.2, 0.25) is 0 Å². The Morgan fingerprint density at radius 3 is 2.52 bits per heavy atom. The molecule has 27 heavy (non-hydrogen) atoms. The Kier molecular flexibility index (Phi) is 7.54. The van der Waals surface area contributed by atoms with Crippen molar-refractivity contribution in [2.45, 2.75) is 19.4 Å². The van der Waals surface area contributed by atoms with Gasteiger partial charge in [-0.2, -0.15) is 0 Å². The average Bonchev–Trinajstić information content (AvgIpc) is 2.75. The number of para-hydroxylation sites is 1. The summed E-state index contributed by atoms with van der Waals surface area (Å²) in [5, 5.41) is 6.86. The SMILES string of the molecule is CN=C(NCCCc1ccccc1)NCc1ccccc1N1CCOCC1. The average molecular weight is 367 g/mol. The summed E-state index contributed by atoms with van der Waals surface area (Å²) in [4.78, 5) is 6.75. The smallest absolute Gasteiger partial charge is 0.191 e. The number of guanidine groups is 1. The van der Waals surface area contributed by atoms with Gasteiger partial charge in [-0.05, 0) is 30.0 Å². The predicted molar refractivity (Wildman–Crippen MR) is 112 cm³/mol. The molecule has 3 rings (SSSR count). The molecule has 0 spiro atoms. The highest BCUT2D eigenvalue weighted by Crippen LogP contribution is 2.21. The fraction of sp³-hybridized carbons (Fsp3) is 0.409. The van der Waals surface area contributed by atoms with Crippen LogP contribution in [0.2, 0.25) is 0 Å². The first-order chi connectivity index (χ1) is 13.4. The van der Waals surface area contributed by atoms with E-state index in [1.54, 1.807) is 0 Å². The Morgan fingerprint density at radius 2 is 1.74 bits per heavy atom. The molecule has 0 radical (unpaired) electrons. The molecule has 0 aliphatic carbocycles. The van der Waals surface area contributed by atoms with E-state index in [9.17, 15) is 0 Å². The molecular formula is C22H30N4O. The highest BCUT2D eigenvalue weighted by atomic mass is 16.5. The minimum atomic E-state index is 0.756. The third-order valence-corrected chi connectivity index (χ3v) is 4.79. The number of ether oxygens (including phenoxy) is 1. The number of rotatable bonds is 7. The molecule has 0 bridgehead atoms. The van der Waals surface area contributed by atoms with Gasteiger partial charge in [-0.15, -0.1) is 0 Å². The van der Waals surface area contributed by atoms with Crippen molar-refractivity contribution in [3.8, 4) is 0 Å². The standard InChI is InChI=1S/C22H30N4O/c1-23-22(24-13-7-10-19-8-3-2-4-9-19)25-18-20-11-5-6-12-21(20)26-14-16-27-17-15-26/h2-6,8-9,11-12H,7,10,13-18H2,1H3,(H2,23,24,25). The molecule has 1 aliphatic rings. The molecule has 5 nitrogen and oxygen atoms in total. The Hall–Kier alpha value is -2.53. The summed E-state index contributed by atoms with van der Waals surface area (Å²) in [5.74, 6) is 0.847. The Balaban J connectivity index is 1.46. The third kappa shape index (κ3) is 6.00. The molecule has 5 heteroatoms. The van der Waals surface area contributed by atoms with E-state index < -0.39 is 0 Å². The van der Waals surface area contributed by atoms with Crippen molar-refractivity contribution in [2.24, 2.45) is 4.99 Å². The molecule has 0 atom stereocenters. The van der Waals surface area contributed by atoms with Crippen molar-refractivity contribution in [3.63, 3.8) is 0 Å². The summed E-state index contributed by atoms with van der Waals surface area (Å²) >= 11 is 0. The van der Waals surface area contributed by atoms with Gasteiger partial charge < -0.3 is 20.3 Å². The largest absolute Gasteiger partial charge is 0.378 e. The molecule has 0 saturated carbocycles. The highest BCUT2D eigenvalue weighted by Gasteiger charge is 2.14. The zero-order valence-corrected chi connectivity index (χ0v) is 16.2. The maximum Gasteiger partial charge on any atom is 0.191 e. The molecule has 0 aromatic heterocycles. The van der Waals surface area contributed by atoms with Gasteiger partial charge in [-0.25, -0.2) is 0 Å². The number of nitrogens with zero attached hydrogens (tertiary/aromatic N) is 2. The predicted octanol–water partition coefficient (Wildman–Crippen LogP) is 2.82. The molecular weight excluding hydrogens is 336 g/mol. The van der Waals surface area contributed by atoms with E-state index >= 15 is 0 Å². The molecule has 1 saturated heterocycles. The summed E-state index contributed by atoms with van der Waals surface area (Å²) < 4.78 is 5.48. The fourth-order valence-corrected chi connectivity index (χ4v) is 3.32. The lowest BCUT2D eigenvalue weighted by Gasteiger charge is -2.30. The van der Waals surface area contributed by atoms with Gasteiger partial charge in [0.25, 0.3) is 0 Å². The van der Waals surface area contributed by atoms with Crippen LogP contribution in [0.15, 0.2) is 59.6 Å². The number of morpholine rings is 1. The number of aryl methyl sites for hydroxylation is 1. The maximum atomic E-state index is 5.48. The van der Waals surface area contributed by atoms with Crippen LogP contribution >= 0.6 is 0 Å². The van der Waals surface area contributed by atoms with Crippen LogP contribution in [0.5, 0.6) is 0 Å². The number of aliphatic imine (C=N–C) groups is 1. The number of nitrogens with one attached hydrogen (secondary N) is 2. The normalized spacial score (nSPS) is 14.9. The Bertz CT molecular complexity index is 711. The van der Waals surface area contributed by atoms with Crippen molar-refractivity contribution in [1.82, 2.24) is 10.6 Å². The maximum absolute atomic E-state index is 5.48. The van der Waals surface area contributed by atoms with E-state index in [0.717, 1.165) is 58.2 Å². The van der Waals surface area contributed by atoms with Gasteiger partial charge in [-0.3, -0.25) is 4.99 Å². The lowest BCUT2D eigenvalue weighted by atomic mass is 10.1. The second-order valence-electron chi connectivity index (χ2n) is 6.67. The Labute approximate surface area is 162 Å².